The van der Waals surface area contributed by atoms with Crippen molar-refractivity contribution in [1.29, 1.82) is 1.28 Å². The van der Waals surface area contributed by atoms with Crippen LogP contribution < -0.4 is 5.56 Å². The second-order valence-corrected chi connectivity index (χ2v) is 7.69. The highest BCUT2D eigenvalue weighted by Crippen LogP contribution is 2.28. The number of nitrogens with zero attached hydrogens (tertiary/aromatic N) is 3. The minimum atomic E-state index is -3.89. The van der Waals surface area contributed by atoms with E-state index < -0.39 is 26.2 Å². The average Bonchev–Trinajstić information content (AvgIpc) is 2.90. The van der Waals surface area contributed by atoms with Crippen molar-refractivity contribution < 1.29 is 17.9 Å². The van der Waals surface area contributed by atoms with Crippen molar-refractivity contribution in [3.63, 3.8) is 0 Å². The van der Waals surface area contributed by atoms with Gasteiger partial charge in [0.2, 0.25) is 10.0 Å². The number of sulfonamides is 1. The number of rotatable bonds is 8. The summed E-state index contributed by atoms with van der Waals surface area (Å²) < 4.78 is 39.8. The van der Waals surface area contributed by atoms with Crippen molar-refractivity contribution >= 4 is 24.9 Å². The molecule has 2 aromatic rings. The molecule has 0 N–H and O–H groups in total. The summed E-state index contributed by atoms with van der Waals surface area (Å²) in [6.07, 6.45) is 0.184. The Morgan fingerprint density at radius 3 is 2.58 bits per heavy atom. The molecule has 1 aromatic heterocycles. The molecule has 0 aliphatic rings. The first-order valence-electron chi connectivity index (χ1n) is 8.34. The average molecular weight is 402 g/mol. The van der Waals surface area contributed by atoms with Gasteiger partial charge in [0.1, 0.15) is 5.76 Å². The standard InChI is InChI=1S/C15H20N3O6PS/c1-4-16(5-2)26(22,23)11-6-7-13(14(8-11)18(20)21)17-15(19)12(9-25)10(3)24-17/h6-8H,4-5,9,25H2,1-3H3/i25D. The summed E-state index contributed by atoms with van der Waals surface area (Å²) in [7, 11) is -4.15. The summed E-state index contributed by atoms with van der Waals surface area (Å²) in [4.78, 5) is 23.0. The van der Waals surface area contributed by atoms with Crippen LogP contribution in [0.2, 0.25) is 0 Å². The smallest absolute Gasteiger partial charge is 0.297 e. The van der Waals surface area contributed by atoms with E-state index in [4.69, 9.17) is 5.80 Å². The first-order chi connectivity index (χ1) is 12.7. The highest BCUT2D eigenvalue weighted by Gasteiger charge is 2.28. The van der Waals surface area contributed by atoms with Crippen LogP contribution in [0, 0.1) is 17.0 Å². The predicted octanol–water partition coefficient (Wildman–Crippen LogP) is 2.05. The van der Waals surface area contributed by atoms with Gasteiger partial charge in [0, 0.05) is 19.2 Å². The van der Waals surface area contributed by atoms with Gasteiger partial charge in [-0.3, -0.25) is 14.9 Å². The van der Waals surface area contributed by atoms with Gasteiger partial charge in [-0.15, -0.1) is 13.9 Å². The summed E-state index contributed by atoms with van der Waals surface area (Å²) in [5.74, 6) is 0.272. The Morgan fingerprint density at radius 2 is 2.04 bits per heavy atom. The summed E-state index contributed by atoms with van der Waals surface area (Å²) in [6.45, 7) is 5.33. The zero-order chi connectivity index (χ0) is 20.4. The fraction of sp³-hybridized carbons (Fsp3) is 0.400. The Hall–Kier alpha value is -2.03. The van der Waals surface area contributed by atoms with Crippen LogP contribution in [0.25, 0.3) is 5.69 Å². The molecule has 142 valence electrons. The van der Waals surface area contributed by atoms with Gasteiger partial charge in [0.15, 0.2) is 5.69 Å². The Kier molecular flexibility index (Phi) is 5.55. The van der Waals surface area contributed by atoms with Gasteiger partial charge in [-0.1, -0.05) is 13.8 Å². The minimum absolute atomic E-state index is 0.161. The fourth-order valence-corrected chi connectivity index (χ4v) is 4.44. The first-order valence-corrected chi connectivity index (χ1v) is 9.99. The molecule has 9 nitrogen and oxygen atoms in total. The van der Waals surface area contributed by atoms with E-state index in [0.717, 1.165) is 10.8 Å². The van der Waals surface area contributed by atoms with Crippen molar-refractivity contribution in [1.82, 2.24) is 9.05 Å². The van der Waals surface area contributed by atoms with Crippen molar-refractivity contribution in [2.75, 3.05) is 13.1 Å². The van der Waals surface area contributed by atoms with Crippen molar-refractivity contribution in [2.24, 2.45) is 0 Å². The molecule has 0 aliphatic heterocycles. The van der Waals surface area contributed by atoms with Crippen LogP contribution in [0.15, 0.2) is 32.4 Å². The first kappa shape index (κ1) is 18.8. The molecule has 0 aliphatic carbocycles. The Morgan fingerprint density at radius 1 is 1.38 bits per heavy atom. The van der Waals surface area contributed by atoms with Crippen molar-refractivity contribution in [3.8, 4) is 5.69 Å². The van der Waals surface area contributed by atoms with Gasteiger partial charge in [0.25, 0.3) is 11.2 Å². The highest BCUT2D eigenvalue weighted by molar-refractivity contribution is 7.89. The number of hydrogen-bond donors (Lipinski definition) is 0. The minimum Gasteiger partial charge on any atom is -0.376 e. The van der Waals surface area contributed by atoms with E-state index in [0.29, 0.717) is 0 Å². The molecule has 1 unspecified atom stereocenters. The molecule has 1 atom stereocenters. The number of nitro groups is 1. The van der Waals surface area contributed by atoms with E-state index in [-0.39, 0.29) is 50.3 Å². The second kappa shape index (κ2) is 7.69. The molecule has 1 heterocycles. The van der Waals surface area contributed by atoms with E-state index in [1.165, 1.54) is 16.4 Å². The summed E-state index contributed by atoms with van der Waals surface area (Å²) in [5, 5.41) is 11.5. The van der Waals surface area contributed by atoms with Crippen LogP contribution >= 0.6 is 9.18 Å². The summed E-state index contributed by atoms with van der Waals surface area (Å²) in [6, 6.07) is 3.33. The SMILES string of the molecule is [2H]PCc1c(C)on(-c2ccc(S(=O)(=O)N(CC)CC)cc2[N+](=O)[O-])c1=O. The number of nitro benzene ring substituents is 1. The van der Waals surface area contributed by atoms with Gasteiger partial charge in [0.05, 0.1) is 16.7 Å². The van der Waals surface area contributed by atoms with E-state index in [1.54, 1.807) is 20.8 Å². The number of benzene rings is 1. The number of aromatic nitrogens is 1. The lowest BCUT2D eigenvalue weighted by Crippen LogP contribution is -2.30. The normalized spacial score (nSPS) is 12.8. The summed E-state index contributed by atoms with van der Waals surface area (Å²) >= 11 is 0. The molecule has 0 saturated heterocycles. The highest BCUT2D eigenvalue weighted by atomic mass is 32.2. The maximum absolute atomic E-state index is 12.6. The Labute approximate surface area is 154 Å². The Balaban J connectivity index is 2.67. The zero-order valence-corrected chi connectivity index (χ0v) is 16.4. The van der Waals surface area contributed by atoms with E-state index in [2.05, 4.69) is 0 Å². The largest absolute Gasteiger partial charge is 0.376 e. The van der Waals surface area contributed by atoms with Gasteiger partial charge in [-0.05, 0) is 25.2 Å². The molecule has 0 bridgehead atoms. The fourth-order valence-electron chi connectivity index (χ4n) is 2.56. The van der Waals surface area contributed by atoms with Gasteiger partial charge in [-0.25, -0.2) is 8.42 Å². The lowest BCUT2D eigenvalue weighted by Gasteiger charge is -2.18. The second-order valence-electron chi connectivity index (χ2n) is 5.40. The number of hydrogen-bond acceptors (Lipinski definition) is 6. The van der Waals surface area contributed by atoms with Crippen molar-refractivity contribution in [3.05, 3.63) is 50.0 Å². The third-order valence-corrected chi connectivity index (χ3v) is 6.38. The lowest BCUT2D eigenvalue weighted by molar-refractivity contribution is -0.385. The molecule has 0 amide bonds. The molecular weight excluding hydrogens is 381 g/mol. The van der Waals surface area contributed by atoms with Crippen LogP contribution in [0.1, 0.15) is 25.2 Å². The quantitative estimate of drug-likeness (QED) is 0.379. The maximum atomic E-state index is 12.6. The topological polar surface area (TPSA) is 116 Å². The molecule has 26 heavy (non-hydrogen) atoms. The molecule has 0 saturated carbocycles. The van der Waals surface area contributed by atoms with E-state index in [9.17, 15) is 23.3 Å². The van der Waals surface area contributed by atoms with Gasteiger partial charge in [-0.2, -0.15) is 4.31 Å². The van der Waals surface area contributed by atoms with E-state index >= 15 is 0 Å². The predicted molar refractivity (Wildman–Crippen MR) is 99.2 cm³/mol. The van der Waals surface area contributed by atoms with E-state index in [1.807, 2.05) is 0 Å². The Bertz CT molecular complexity index is 1010. The molecule has 0 fully saturated rings. The van der Waals surface area contributed by atoms with Crippen LogP contribution in [-0.2, 0) is 16.2 Å². The third kappa shape index (κ3) is 3.44. The van der Waals surface area contributed by atoms with Crippen molar-refractivity contribution in [2.45, 2.75) is 31.8 Å². The molecule has 0 spiro atoms. The molecule has 0 radical (unpaired) electrons. The monoisotopic (exact) mass is 402 g/mol. The molecule has 1 aromatic carbocycles. The lowest BCUT2D eigenvalue weighted by atomic mass is 10.2. The van der Waals surface area contributed by atoms with Gasteiger partial charge >= 0.3 is 0 Å². The third-order valence-electron chi connectivity index (χ3n) is 3.98. The van der Waals surface area contributed by atoms with Crippen LogP contribution in [0.3, 0.4) is 0 Å². The van der Waals surface area contributed by atoms with Crippen LogP contribution in [0.4, 0.5) is 5.69 Å². The number of aryl methyl sites for hydroxylation is 1. The molecule has 2 rings (SSSR count). The molecular formula is C15H20N3O6PS. The van der Waals surface area contributed by atoms with Crippen LogP contribution in [0.5, 0.6) is 0 Å². The molecule has 11 heteroatoms. The van der Waals surface area contributed by atoms with Crippen LogP contribution in [-0.4, -0.2) is 36.8 Å². The maximum Gasteiger partial charge on any atom is 0.297 e. The van der Waals surface area contributed by atoms with Gasteiger partial charge < -0.3 is 4.52 Å². The zero-order valence-electron chi connectivity index (χ0n) is 15.6. The summed E-state index contributed by atoms with van der Waals surface area (Å²) in [5.41, 5.74) is -1.03.